The van der Waals surface area contributed by atoms with Crippen LogP contribution < -0.4 is 47.8 Å². The fourth-order valence-corrected chi connectivity index (χ4v) is 20.5. The van der Waals surface area contributed by atoms with Gasteiger partial charge in [-0.15, -0.1) is 34.0 Å². The number of carboxylic acid groups (broad SMARTS) is 2. The number of aryl methyl sites for hydroxylation is 1. The number of fused-ring (bicyclic) bond motifs is 3. The number of carbonyl (C=O) groups is 6. The van der Waals surface area contributed by atoms with Crippen LogP contribution in [0.15, 0.2) is 297 Å². The first-order valence-corrected chi connectivity index (χ1v) is 45.5. The van der Waals surface area contributed by atoms with Gasteiger partial charge in [-0.1, -0.05) is 295 Å². The fourth-order valence-electron chi connectivity index (χ4n) is 20.1. The van der Waals surface area contributed by atoms with Gasteiger partial charge >= 0.3 is 11.9 Å². The zero-order valence-electron chi connectivity index (χ0n) is 73.1. The van der Waals surface area contributed by atoms with E-state index in [1.54, 1.807) is 0 Å². The molecule has 0 spiro atoms. The molecule has 11 aromatic carbocycles. The Bertz CT molecular complexity index is 5000. The van der Waals surface area contributed by atoms with Crippen LogP contribution in [0.3, 0.4) is 0 Å². The van der Waals surface area contributed by atoms with Crippen molar-refractivity contribution in [2.24, 2.45) is 46.6 Å². The van der Waals surface area contributed by atoms with Gasteiger partial charge in [0.15, 0.2) is 12.2 Å². The minimum absolute atomic E-state index is 0. The van der Waals surface area contributed by atoms with E-state index in [4.69, 9.17) is 57.6 Å². The van der Waals surface area contributed by atoms with Crippen molar-refractivity contribution in [2.45, 2.75) is 98.1 Å². The smallest absolute Gasteiger partial charge is 0.335 e. The van der Waals surface area contributed by atoms with Gasteiger partial charge in [0, 0.05) is 50.8 Å². The summed E-state index contributed by atoms with van der Waals surface area (Å²) in [7, 11) is 0. The van der Waals surface area contributed by atoms with Gasteiger partial charge in [0.05, 0.1) is 19.8 Å². The van der Waals surface area contributed by atoms with E-state index in [0.717, 1.165) is 217 Å². The van der Waals surface area contributed by atoms with Crippen LogP contribution in [-0.2, 0) is 89.0 Å². The monoisotopic (exact) mass is 1950 g/mol. The van der Waals surface area contributed by atoms with Crippen molar-refractivity contribution < 1.29 is 63.4 Å². The van der Waals surface area contributed by atoms with Crippen molar-refractivity contribution in [1.82, 2.24) is 20.4 Å². The van der Waals surface area contributed by atoms with Crippen molar-refractivity contribution >= 4 is 85.5 Å². The molecule has 4 saturated heterocycles. The summed E-state index contributed by atoms with van der Waals surface area (Å²) >= 11 is 3.44. The van der Waals surface area contributed by atoms with E-state index in [0.29, 0.717) is 0 Å². The van der Waals surface area contributed by atoms with Crippen molar-refractivity contribution in [3.8, 4) is 17.2 Å². The number of benzene rings is 11. The predicted molar refractivity (Wildman–Crippen MR) is 522 cm³/mol. The number of amides is 4. The first-order chi connectivity index (χ1) is 62.2. The van der Waals surface area contributed by atoms with Gasteiger partial charge in [0.25, 0.3) is 0 Å². The lowest BCUT2D eigenvalue weighted by Crippen LogP contribution is -2.49. The van der Waals surface area contributed by atoms with Crippen molar-refractivity contribution in [2.75, 3.05) is 90.6 Å². The summed E-state index contributed by atoms with van der Waals surface area (Å²) in [5.41, 5.74) is 37.2. The lowest BCUT2D eigenvalue weighted by Gasteiger charge is -2.37. The van der Waals surface area contributed by atoms with Gasteiger partial charge in [0.2, 0.25) is 23.6 Å². The van der Waals surface area contributed by atoms with Gasteiger partial charge < -0.3 is 78.0 Å². The maximum absolute atomic E-state index is 13.2. The Morgan fingerprint density at radius 2 is 0.592 bits per heavy atom. The first kappa shape index (κ1) is 99.4. The third-order valence-electron chi connectivity index (χ3n) is 26.4. The first-order valence-electron chi connectivity index (χ1n) is 44.4. The molecule has 0 radical (unpaired) electrons. The van der Waals surface area contributed by atoms with Crippen LogP contribution in [0, 0.1) is 23.7 Å². The number of nitrogens with two attached hydrogens (primary N) is 4. The Hall–Kier alpha value is -11.2. The molecule has 2 unspecified atom stereocenters. The summed E-state index contributed by atoms with van der Waals surface area (Å²) in [5.74, 6) is -0.823. The number of aliphatic hydroxyl groups is 2. The van der Waals surface area contributed by atoms with E-state index in [-0.39, 0.29) is 81.3 Å². The Morgan fingerprint density at radius 3 is 0.808 bits per heavy atom. The highest BCUT2D eigenvalue weighted by molar-refractivity contribution is 9.09. The van der Waals surface area contributed by atoms with Crippen molar-refractivity contribution in [1.29, 1.82) is 0 Å². The zero-order valence-corrected chi connectivity index (χ0v) is 78.1. The molecule has 7 aliphatic rings. The van der Waals surface area contributed by atoms with Crippen LogP contribution in [0.5, 0.6) is 17.2 Å². The molecular weight excluding hydrogens is 1830 g/mol. The third kappa shape index (κ3) is 22.7. The molecule has 21 nitrogen and oxygen atoms in total. The minimum atomic E-state index is -2.27. The Kier molecular flexibility index (Phi) is 36.4. The van der Waals surface area contributed by atoms with E-state index < -0.39 is 45.8 Å². The van der Waals surface area contributed by atoms with Crippen LogP contribution in [0.25, 0.3) is 0 Å². The third-order valence-corrected chi connectivity index (χ3v) is 26.8. The largest absolute Gasteiger partial charge is 0.493 e. The number of hydrogen-bond acceptors (Lipinski definition) is 15. The number of aliphatic carboxylic acids is 2. The number of nitrogens with zero attached hydrogens (tertiary/aromatic N) is 2. The molecule has 0 saturated carbocycles. The molecule has 0 aromatic heterocycles. The molecule has 0 bridgehead atoms. The number of primary amides is 4. The standard InChI is InChI=1S/2C28H30N2O2.2C18H20N2O.C10H11BrO.C4H6O6.2BrH/c2*29-27(31)28(23-7-3-1-4-8-23,24-9-5-2-6-10-24)25-14-17-30(20-25)16-13-21-11-12-26-22(19-21)15-18-32-26;2*19-17(21)18(16-11-12-20-13-16,14-7-3-1-4-8-14)15-9-5-2-6-10-15;11-5-3-8-1-2-10-9(7-8)4-6-12-10;5-1(3(7)8)2(6)4(9)10;;/h2*1-12,19,25H,13-18,20H2,(H2,29,31);2*1-10,16,20H,11-13H2,(H2,19,21);1-2,7H,3-6H2;1-2,5-6H,(H,7,8)(H,9,10);2*1H/t2*25-;2*16-;;;;/m1111..../s1. The number of hydrogen-bond donors (Lipinski definition) is 10. The van der Waals surface area contributed by atoms with Gasteiger partial charge in [0.1, 0.15) is 38.9 Å². The van der Waals surface area contributed by atoms with E-state index in [1.165, 1.54) is 33.4 Å². The van der Waals surface area contributed by atoms with Crippen molar-refractivity contribution in [3.05, 3.63) is 375 Å². The normalized spacial score (nSPS) is 17.5. The van der Waals surface area contributed by atoms with Gasteiger partial charge in [-0.05, 0) is 204 Å². The van der Waals surface area contributed by atoms with Gasteiger partial charge in [-0.2, -0.15) is 0 Å². The molecule has 130 heavy (non-hydrogen) atoms. The van der Waals surface area contributed by atoms with Crippen molar-refractivity contribution in [3.63, 3.8) is 0 Å². The van der Waals surface area contributed by atoms with E-state index in [2.05, 4.69) is 91.0 Å². The zero-order chi connectivity index (χ0) is 90.1. The molecule has 0 aliphatic carbocycles. The van der Waals surface area contributed by atoms with Crippen LogP contribution in [0.4, 0.5) is 0 Å². The highest BCUT2D eigenvalue weighted by Crippen LogP contribution is 2.48. The number of halogens is 3. The summed E-state index contributed by atoms with van der Waals surface area (Å²) in [4.78, 5) is 76.1. The molecule has 4 fully saturated rings. The second kappa shape index (κ2) is 47.6. The molecule has 11 aromatic rings. The maximum Gasteiger partial charge on any atom is 0.335 e. The summed E-state index contributed by atoms with van der Waals surface area (Å²) in [6.45, 7) is 11.6. The Morgan fingerprint density at radius 1 is 0.354 bits per heavy atom. The molecule has 24 heteroatoms. The molecule has 4 amide bonds. The van der Waals surface area contributed by atoms with Crippen LogP contribution in [0.2, 0.25) is 0 Å². The molecule has 18 rings (SSSR count). The minimum Gasteiger partial charge on any atom is -0.493 e. The Balaban J connectivity index is 0.000000157. The number of likely N-dealkylation sites (tertiary alicyclic amines) is 2. The number of ether oxygens (including phenoxy) is 3. The average molecular weight is 1950 g/mol. The van der Waals surface area contributed by atoms with Crippen LogP contribution in [0.1, 0.15) is 104 Å². The summed E-state index contributed by atoms with van der Waals surface area (Å²) in [5, 5.41) is 40.3. The predicted octanol–water partition coefficient (Wildman–Crippen LogP) is 13.6. The van der Waals surface area contributed by atoms with Crippen LogP contribution >= 0.6 is 49.9 Å². The summed E-state index contributed by atoms with van der Waals surface area (Å²) < 4.78 is 16.7. The van der Waals surface area contributed by atoms with E-state index >= 15 is 0 Å². The second-order valence-corrected chi connectivity index (χ2v) is 34.5. The maximum atomic E-state index is 13.2. The lowest BCUT2D eigenvalue weighted by molar-refractivity contribution is -0.165. The second-order valence-electron chi connectivity index (χ2n) is 33.7. The fraction of sp³-hybridized carbons (Fsp3) is 0.321. The molecule has 14 N–H and O–H groups in total. The van der Waals surface area contributed by atoms with E-state index in [9.17, 15) is 28.8 Å². The number of alkyl halides is 1. The van der Waals surface area contributed by atoms with Gasteiger partial charge in [-0.3, -0.25) is 19.2 Å². The number of nitrogens with one attached hydrogen (secondary N) is 2. The SMILES string of the molecule is Br.Br.BrCCc1ccc2c(c1)CCO2.NC(=O)C(c1ccccc1)(c1ccccc1)[C@@H]1CCN(CCc2ccc3c(c2)CCO3)C1.NC(=O)C(c1ccccc1)(c1ccccc1)[C@@H]1CCN(CCc2ccc3c(c2)CCO3)C1.NC(=O)C(c1ccccc1)(c1ccccc1)[C@@H]1CCNC1.NC(=O)C(c1ccccc1)(c1ccccc1)[C@@H]1CCNC1.O=C(O)C(O)C(O)C(=O)O. The number of carbonyl (C=O) groups excluding carboxylic acids is 4. The molecule has 6 atom stereocenters. The molecular formula is C106H119Br3N8O13. The highest BCUT2D eigenvalue weighted by Gasteiger charge is 2.53. The van der Waals surface area contributed by atoms with Gasteiger partial charge in [-0.25, -0.2) is 9.59 Å². The highest BCUT2D eigenvalue weighted by atomic mass is 79.9. The lowest BCUT2D eigenvalue weighted by atomic mass is 9.64. The molecule has 682 valence electrons. The number of carboxylic acids is 2. The number of aliphatic hydroxyl groups excluding tert-OH is 2. The number of rotatable bonds is 27. The summed E-state index contributed by atoms with van der Waals surface area (Å²) in [6.07, 6.45) is 5.46. The molecule has 7 aliphatic heterocycles. The summed E-state index contributed by atoms with van der Waals surface area (Å²) in [6, 6.07) is 99.7. The van der Waals surface area contributed by atoms with E-state index in [1.807, 2.05) is 243 Å². The topological polar surface area (TPSA) is 346 Å². The quantitative estimate of drug-likeness (QED) is 0.0214. The Labute approximate surface area is 791 Å². The molecule has 7 heterocycles. The average Bonchev–Trinajstić information content (AvgIpc) is 1.50. The van der Waals surface area contributed by atoms with Crippen LogP contribution in [-0.4, -0.2) is 169 Å².